The van der Waals surface area contributed by atoms with Gasteiger partial charge in [0.2, 0.25) is 0 Å². The highest BCUT2D eigenvalue weighted by Crippen LogP contribution is 2.08. The Hall–Kier alpha value is -3.05. The second-order valence-corrected chi connectivity index (χ2v) is 7.74. The lowest BCUT2D eigenvalue weighted by Gasteiger charge is -2.19. The molecule has 0 bridgehead atoms. The van der Waals surface area contributed by atoms with Crippen molar-refractivity contribution in [2.45, 2.75) is 52.6 Å². The van der Waals surface area contributed by atoms with E-state index in [1.165, 1.54) is 18.2 Å². The third kappa shape index (κ3) is 7.76. The van der Waals surface area contributed by atoms with Crippen LogP contribution in [0.3, 0.4) is 0 Å². The van der Waals surface area contributed by atoms with Crippen molar-refractivity contribution in [2.24, 2.45) is 23.5 Å². The fraction of sp³-hybridized carbons (Fsp3) is 0.526. The zero-order valence-corrected chi connectivity index (χ0v) is 17.7. The quantitative estimate of drug-likeness (QED) is 0.165. The summed E-state index contributed by atoms with van der Waals surface area (Å²) in [4.78, 5) is 53.0. The number of nitrogens with two attached hydrogens (primary N) is 2. The van der Waals surface area contributed by atoms with Crippen LogP contribution in [-0.2, 0) is 9.59 Å². The van der Waals surface area contributed by atoms with Crippen LogP contribution in [-0.4, -0.2) is 40.7 Å². The number of aromatic nitrogens is 1. The standard InChI is InChI=1S/C19H31N7O4/c1-10(2)8-14(18(29)25-20)23-16(27)12-6-5-7-13(22-12)17(28)24-15(9-11(3)4)19(30)26-21/h5-7,10-11,14-15H,8-9,20-21H2,1-4H3,(H,23,27)(H,24,28)(H,25,29)(H,26,30)/t14-,15-/m0/s1. The van der Waals surface area contributed by atoms with E-state index in [-0.39, 0.29) is 23.2 Å². The van der Waals surface area contributed by atoms with Gasteiger partial charge in [0.15, 0.2) is 0 Å². The molecule has 166 valence electrons. The lowest BCUT2D eigenvalue weighted by molar-refractivity contribution is -0.124. The van der Waals surface area contributed by atoms with E-state index in [9.17, 15) is 19.2 Å². The van der Waals surface area contributed by atoms with Gasteiger partial charge < -0.3 is 10.6 Å². The summed E-state index contributed by atoms with van der Waals surface area (Å²) in [7, 11) is 0. The molecule has 0 fully saturated rings. The predicted octanol–water partition coefficient (Wildman–Crippen LogP) is -0.650. The van der Waals surface area contributed by atoms with Crippen LogP contribution in [0.25, 0.3) is 0 Å². The average molecular weight is 422 g/mol. The summed E-state index contributed by atoms with van der Waals surface area (Å²) in [5, 5.41) is 5.14. The molecule has 4 amide bonds. The smallest absolute Gasteiger partial charge is 0.270 e. The maximum Gasteiger partial charge on any atom is 0.270 e. The van der Waals surface area contributed by atoms with Gasteiger partial charge in [-0.3, -0.25) is 30.0 Å². The van der Waals surface area contributed by atoms with Gasteiger partial charge in [0, 0.05) is 0 Å². The largest absolute Gasteiger partial charge is 0.339 e. The first-order chi connectivity index (χ1) is 14.1. The molecule has 11 heteroatoms. The minimum absolute atomic E-state index is 0.0510. The highest BCUT2D eigenvalue weighted by Gasteiger charge is 2.25. The van der Waals surface area contributed by atoms with Gasteiger partial charge in [0.25, 0.3) is 23.6 Å². The zero-order chi connectivity index (χ0) is 22.8. The number of hydrogen-bond acceptors (Lipinski definition) is 7. The van der Waals surface area contributed by atoms with Crippen molar-refractivity contribution in [1.82, 2.24) is 26.5 Å². The van der Waals surface area contributed by atoms with Crippen LogP contribution >= 0.6 is 0 Å². The summed E-state index contributed by atoms with van der Waals surface area (Å²) in [6.45, 7) is 7.60. The maximum atomic E-state index is 12.5. The highest BCUT2D eigenvalue weighted by atomic mass is 16.2. The number of amides is 4. The van der Waals surface area contributed by atoms with E-state index in [2.05, 4.69) is 15.6 Å². The number of carbonyl (C=O) groups excluding carboxylic acids is 4. The molecule has 1 aromatic heterocycles. The molecule has 1 rings (SSSR count). The van der Waals surface area contributed by atoms with Crippen molar-refractivity contribution in [1.29, 1.82) is 0 Å². The molecule has 0 aromatic carbocycles. The van der Waals surface area contributed by atoms with Gasteiger partial charge in [0.05, 0.1) is 0 Å². The lowest BCUT2D eigenvalue weighted by atomic mass is 10.0. The number of hydrazine groups is 2. The Morgan fingerprint density at radius 3 is 1.47 bits per heavy atom. The fourth-order valence-electron chi connectivity index (χ4n) is 2.76. The van der Waals surface area contributed by atoms with Crippen LogP contribution in [0.1, 0.15) is 61.5 Å². The summed E-state index contributed by atoms with van der Waals surface area (Å²) in [5.74, 6) is 8.30. The van der Waals surface area contributed by atoms with Crippen LogP contribution in [0.5, 0.6) is 0 Å². The summed E-state index contributed by atoms with van der Waals surface area (Å²) in [5.41, 5.74) is 3.95. The molecule has 8 N–H and O–H groups in total. The number of rotatable bonds is 10. The van der Waals surface area contributed by atoms with Crippen LogP contribution in [0.15, 0.2) is 18.2 Å². The fourth-order valence-corrected chi connectivity index (χ4v) is 2.76. The van der Waals surface area contributed by atoms with Crippen molar-refractivity contribution < 1.29 is 19.2 Å². The summed E-state index contributed by atoms with van der Waals surface area (Å²) >= 11 is 0. The molecule has 0 aliphatic carbocycles. The van der Waals surface area contributed by atoms with Crippen LogP contribution in [0.4, 0.5) is 0 Å². The second kappa shape index (κ2) is 11.8. The predicted molar refractivity (Wildman–Crippen MR) is 110 cm³/mol. The Labute approximate surface area is 175 Å². The molecule has 30 heavy (non-hydrogen) atoms. The van der Waals surface area contributed by atoms with E-state index >= 15 is 0 Å². The number of nitrogens with zero attached hydrogens (tertiary/aromatic N) is 1. The van der Waals surface area contributed by atoms with Crippen molar-refractivity contribution in [3.63, 3.8) is 0 Å². The van der Waals surface area contributed by atoms with E-state index in [0.717, 1.165) is 0 Å². The summed E-state index contributed by atoms with van der Waals surface area (Å²) < 4.78 is 0. The van der Waals surface area contributed by atoms with E-state index in [4.69, 9.17) is 11.7 Å². The first-order valence-electron chi connectivity index (χ1n) is 9.68. The van der Waals surface area contributed by atoms with Gasteiger partial charge >= 0.3 is 0 Å². The molecular weight excluding hydrogens is 390 g/mol. The van der Waals surface area contributed by atoms with Gasteiger partial charge in [0.1, 0.15) is 23.5 Å². The maximum absolute atomic E-state index is 12.5. The van der Waals surface area contributed by atoms with Gasteiger partial charge in [-0.2, -0.15) is 0 Å². The minimum Gasteiger partial charge on any atom is -0.339 e. The monoisotopic (exact) mass is 421 g/mol. The Bertz CT molecular complexity index is 708. The Balaban J connectivity index is 2.97. The van der Waals surface area contributed by atoms with Crippen LogP contribution in [0.2, 0.25) is 0 Å². The van der Waals surface area contributed by atoms with Gasteiger partial charge in [-0.25, -0.2) is 16.7 Å². The van der Waals surface area contributed by atoms with Crippen LogP contribution < -0.4 is 33.2 Å². The molecule has 0 aliphatic rings. The highest BCUT2D eigenvalue weighted by molar-refractivity contribution is 5.99. The van der Waals surface area contributed by atoms with E-state index in [1.807, 2.05) is 38.5 Å². The number of carbonyl (C=O) groups is 4. The summed E-state index contributed by atoms with van der Waals surface area (Å²) in [6.07, 6.45) is 0.750. The molecule has 2 atom stereocenters. The van der Waals surface area contributed by atoms with E-state index < -0.39 is 35.7 Å². The molecule has 11 nitrogen and oxygen atoms in total. The first-order valence-corrected chi connectivity index (χ1v) is 9.68. The molecule has 0 spiro atoms. The van der Waals surface area contributed by atoms with Gasteiger partial charge in [-0.1, -0.05) is 33.8 Å². The summed E-state index contributed by atoms with van der Waals surface area (Å²) in [6, 6.07) is 2.63. The molecule has 0 aliphatic heterocycles. The van der Waals surface area contributed by atoms with Gasteiger partial charge in [-0.05, 0) is 36.8 Å². The Kier molecular flexibility index (Phi) is 9.85. The van der Waals surface area contributed by atoms with E-state index in [0.29, 0.717) is 12.8 Å². The molecule has 0 saturated carbocycles. The van der Waals surface area contributed by atoms with E-state index in [1.54, 1.807) is 0 Å². The molecule has 0 unspecified atom stereocenters. The zero-order valence-electron chi connectivity index (χ0n) is 17.7. The molecule has 1 aromatic rings. The number of hydrogen-bond donors (Lipinski definition) is 6. The topological polar surface area (TPSA) is 181 Å². The lowest BCUT2D eigenvalue weighted by Crippen LogP contribution is -2.50. The second-order valence-electron chi connectivity index (χ2n) is 7.74. The van der Waals surface area contributed by atoms with Gasteiger partial charge in [-0.15, -0.1) is 0 Å². The molecule has 0 saturated heterocycles. The van der Waals surface area contributed by atoms with Crippen molar-refractivity contribution in [3.05, 3.63) is 29.6 Å². The first kappa shape index (κ1) is 25.0. The molecule has 1 heterocycles. The van der Waals surface area contributed by atoms with Crippen molar-refractivity contribution in [3.8, 4) is 0 Å². The van der Waals surface area contributed by atoms with Crippen molar-refractivity contribution >= 4 is 23.6 Å². The van der Waals surface area contributed by atoms with Crippen molar-refractivity contribution in [2.75, 3.05) is 0 Å². The third-order valence-electron chi connectivity index (χ3n) is 4.16. The Morgan fingerprint density at radius 1 is 0.800 bits per heavy atom. The minimum atomic E-state index is -0.842. The number of pyridine rings is 1. The molecule has 0 radical (unpaired) electrons. The third-order valence-corrected chi connectivity index (χ3v) is 4.16. The SMILES string of the molecule is CC(C)C[C@H](NC(=O)c1cccc(C(=O)N[C@@H](CC(C)C)C(=O)NN)n1)C(=O)NN. The molecular formula is C19H31N7O4. The van der Waals surface area contributed by atoms with Crippen LogP contribution in [0, 0.1) is 11.8 Å². The average Bonchev–Trinajstić information content (AvgIpc) is 2.70. The normalized spacial score (nSPS) is 12.8. The number of nitrogens with one attached hydrogen (secondary N) is 4. The Morgan fingerprint density at radius 2 is 1.17 bits per heavy atom.